The number of carbonyl (C=O) groups is 1. The van der Waals surface area contributed by atoms with Crippen molar-refractivity contribution in [3.05, 3.63) is 47.3 Å². The number of nitrogens with one attached hydrogen (secondary N) is 1. The molecule has 0 saturated heterocycles. The van der Waals surface area contributed by atoms with Crippen LogP contribution in [-0.2, 0) is 4.79 Å². The Hall–Kier alpha value is -2.74. The first-order chi connectivity index (χ1) is 10.5. The van der Waals surface area contributed by atoms with E-state index in [4.69, 9.17) is 0 Å². The molecule has 1 aromatic carbocycles. The van der Waals surface area contributed by atoms with E-state index in [1.807, 2.05) is 0 Å². The molecule has 0 spiro atoms. The molecule has 0 aliphatic carbocycles. The fourth-order valence-electron chi connectivity index (χ4n) is 1.95. The second-order valence-electron chi connectivity index (χ2n) is 4.30. The van der Waals surface area contributed by atoms with E-state index in [9.17, 15) is 18.8 Å². The van der Waals surface area contributed by atoms with Gasteiger partial charge in [-0.2, -0.15) is 0 Å². The normalized spacial score (nSPS) is 10.2. The van der Waals surface area contributed by atoms with E-state index in [1.54, 1.807) is 5.48 Å². The Balaban J connectivity index is 2.55. The summed E-state index contributed by atoms with van der Waals surface area (Å²) < 4.78 is 32.2. The molecule has 0 saturated carbocycles. The zero-order valence-corrected chi connectivity index (χ0v) is 11.8. The van der Waals surface area contributed by atoms with E-state index < -0.39 is 23.3 Å². The van der Waals surface area contributed by atoms with E-state index >= 15 is 0 Å². The first kappa shape index (κ1) is 15.6. The number of anilines is 3. The summed E-state index contributed by atoms with van der Waals surface area (Å²) in [5.41, 5.74) is 1.75. The standard InChI is InChI=1S/C14H12F2N3O3/c1-8(20)19(13-5-9(18-21)3-4-17-13)10-6-11(15)14(22-2)12(16)7-10/h3-7H,1-2H3,(H-,17,18,21)/q-1. The lowest BCUT2D eigenvalue weighted by Gasteiger charge is -2.22. The van der Waals surface area contributed by atoms with Crippen LogP contribution >= 0.6 is 0 Å². The smallest absolute Gasteiger partial charge is 0.229 e. The summed E-state index contributed by atoms with van der Waals surface area (Å²) in [5, 5.41) is 10.7. The molecule has 116 valence electrons. The van der Waals surface area contributed by atoms with Crippen molar-refractivity contribution >= 4 is 23.1 Å². The second kappa shape index (κ2) is 6.35. The highest BCUT2D eigenvalue weighted by atomic mass is 19.1. The maximum atomic E-state index is 13.8. The summed E-state index contributed by atoms with van der Waals surface area (Å²) in [4.78, 5) is 16.7. The SMILES string of the molecule is COc1c(F)cc(N(C(C)=O)c2cc(N[O-])ccn2)cc1F. The van der Waals surface area contributed by atoms with Gasteiger partial charge in [-0.15, -0.1) is 0 Å². The minimum absolute atomic E-state index is 0.0531. The molecule has 1 heterocycles. The van der Waals surface area contributed by atoms with Crippen LogP contribution in [0.4, 0.5) is 26.0 Å². The van der Waals surface area contributed by atoms with Crippen molar-refractivity contribution in [2.45, 2.75) is 6.92 Å². The number of rotatable bonds is 4. The predicted octanol–water partition coefficient (Wildman–Crippen LogP) is 2.96. The Labute approximate surface area is 124 Å². The number of ether oxygens (including phenoxy) is 1. The first-order valence-corrected chi connectivity index (χ1v) is 6.16. The molecule has 0 aliphatic rings. The van der Waals surface area contributed by atoms with Gasteiger partial charge >= 0.3 is 0 Å². The molecular formula is C14H12F2N3O3-. The Morgan fingerprint density at radius 3 is 2.45 bits per heavy atom. The van der Waals surface area contributed by atoms with Crippen molar-refractivity contribution in [3.63, 3.8) is 0 Å². The number of nitrogens with zero attached hydrogens (tertiary/aromatic N) is 2. The molecule has 0 atom stereocenters. The Morgan fingerprint density at radius 1 is 1.32 bits per heavy atom. The largest absolute Gasteiger partial charge is 0.761 e. The van der Waals surface area contributed by atoms with Gasteiger partial charge in [0.2, 0.25) is 5.91 Å². The number of halogens is 2. The van der Waals surface area contributed by atoms with Crippen LogP contribution in [0.1, 0.15) is 6.92 Å². The molecule has 0 bridgehead atoms. The van der Waals surface area contributed by atoms with Gasteiger partial charge in [-0.1, -0.05) is 0 Å². The van der Waals surface area contributed by atoms with Crippen LogP contribution in [0, 0.1) is 16.8 Å². The van der Waals surface area contributed by atoms with Crippen molar-refractivity contribution in [1.82, 2.24) is 4.98 Å². The van der Waals surface area contributed by atoms with Crippen LogP contribution < -0.4 is 15.1 Å². The van der Waals surface area contributed by atoms with E-state index in [0.717, 1.165) is 24.1 Å². The van der Waals surface area contributed by atoms with Gasteiger partial charge in [0.1, 0.15) is 5.82 Å². The number of hydrogen-bond donors (Lipinski definition) is 1. The van der Waals surface area contributed by atoms with Gasteiger partial charge in [0.25, 0.3) is 0 Å². The topological polar surface area (TPSA) is 77.5 Å². The fourth-order valence-corrected chi connectivity index (χ4v) is 1.95. The molecule has 2 rings (SSSR count). The summed E-state index contributed by atoms with van der Waals surface area (Å²) in [6, 6.07) is 4.57. The van der Waals surface area contributed by atoms with Gasteiger partial charge in [0.15, 0.2) is 17.4 Å². The van der Waals surface area contributed by atoms with Crippen molar-refractivity contribution in [3.8, 4) is 5.75 Å². The highest BCUT2D eigenvalue weighted by Crippen LogP contribution is 2.31. The third kappa shape index (κ3) is 2.96. The monoisotopic (exact) mass is 308 g/mol. The first-order valence-electron chi connectivity index (χ1n) is 6.16. The van der Waals surface area contributed by atoms with Crippen LogP contribution in [0.2, 0.25) is 0 Å². The van der Waals surface area contributed by atoms with Crippen molar-refractivity contribution in [1.29, 1.82) is 0 Å². The average Bonchev–Trinajstić information content (AvgIpc) is 2.47. The Morgan fingerprint density at radius 2 is 1.95 bits per heavy atom. The number of amides is 1. The van der Waals surface area contributed by atoms with Gasteiger partial charge in [-0.3, -0.25) is 9.69 Å². The third-order valence-electron chi connectivity index (χ3n) is 2.85. The minimum atomic E-state index is -0.957. The lowest BCUT2D eigenvalue weighted by Crippen LogP contribution is -2.24. The van der Waals surface area contributed by atoms with Crippen LogP contribution in [0.25, 0.3) is 0 Å². The van der Waals surface area contributed by atoms with E-state index in [0.29, 0.717) is 0 Å². The Kier molecular flexibility index (Phi) is 4.52. The molecule has 8 heteroatoms. The van der Waals surface area contributed by atoms with Crippen molar-refractivity contribution in [2.24, 2.45) is 0 Å². The summed E-state index contributed by atoms with van der Waals surface area (Å²) in [6.45, 7) is 1.21. The number of hydrogen-bond acceptors (Lipinski definition) is 5. The predicted molar refractivity (Wildman–Crippen MR) is 77.0 cm³/mol. The van der Waals surface area contributed by atoms with Crippen molar-refractivity contribution < 1.29 is 18.3 Å². The summed E-state index contributed by atoms with van der Waals surface area (Å²) in [7, 11) is 1.13. The van der Waals surface area contributed by atoms with Gasteiger partial charge in [-0.25, -0.2) is 13.8 Å². The lowest BCUT2D eigenvalue weighted by atomic mass is 10.2. The molecular weight excluding hydrogens is 296 g/mol. The zero-order chi connectivity index (χ0) is 16.3. The van der Waals surface area contributed by atoms with Gasteiger partial charge in [-0.05, 0) is 6.07 Å². The van der Waals surface area contributed by atoms with Crippen LogP contribution in [0.3, 0.4) is 0 Å². The number of pyridine rings is 1. The Bertz CT molecular complexity index is 686. The number of aromatic nitrogens is 1. The third-order valence-corrected chi connectivity index (χ3v) is 2.85. The number of benzene rings is 1. The molecule has 1 aromatic heterocycles. The zero-order valence-electron chi connectivity index (χ0n) is 11.8. The summed E-state index contributed by atoms with van der Waals surface area (Å²) >= 11 is 0. The highest BCUT2D eigenvalue weighted by Gasteiger charge is 2.20. The lowest BCUT2D eigenvalue weighted by molar-refractivity contribution is -0.115. The second-order valence-corrected chi connectivity index (χ2v) is 4.30. The molecule has 1 amide bonds. The van der Waals surface area contributed by atoms with Crippen LogP contribution in [0.15, 0.2) is 30.5 Å². The maximum Gasteiger partial charge on any atom is 0.229 e. The molecule has 0 fully saturated rings. The summed E-state index contributed by atoms with van der Waals surface area (Å²) in [5.74, 6) is -2.93. The number of methoxy groups -OCH3 is 1. The highest BCUT2D eigenvalue weighted by molar-refractivity contribution is 5.98. The fraction of sp³-hybridized carbons (Fsp3) is 0.143. The summed E-state index contributed by atoms with van der Waals surface area (Å²) in [6.07, 6.45) is 1.29. The maximum absolute atomic E-state index is 13.8. The molecule has 1 N–H and O–H groups in total. The molecule has 6 nitrogen and oxygen atoms in total. The van der Waals surface area contributed by atoms with Gasteiger partial charge in [0, 0.05) is 37.0 Å². The van der Waals surface area contributed by atoms with Crippen LogP contribution in [0.5, 0.6) is 5.75 Å². The average molecular weight is 308 g/mol. The number of carbonyl (C=O) groups excluding carboxylic acids is 1. The molecule has 2 aromatic rings. The van der Waals surface area contributed by atoms with Crippen LogP contribution in [-0.4, -0.2) is 18.0 Å². The minimum Gasteiger partial charge on any atom is -0.761 e. The van der Waals surface area contributed by atoms with E-state index in [2.05, 4.69) is 9.72 Å². The molecule has 22 heavy (non-hydrogen) atoms. The van der Waals surface area contributed by atoms with Gasteiger partial charge in [0.05, 0.1) is 12.8 Å². The van der Waals surface area contributed by atoms with Gasteiger partial charge < -0.3 is 15.4 Å². The quantitative estimate of drug-likeness (QED) is 0.879. The van der Waals surface area contributed by atoms with Crippen molar-refractivity contribution in [2.75, 3.05) is 17.5 Å². The van der Waals surface area contributed by atoms with E-state index in [-0.39, 0.29) is 17.2 Å². The molecule has 0 unspecified atom stereocenters. The molecule has 0 radical (unpaired) electrons. The van der Waals surface area contributed by atoms with E-state index in [1.165, 1.54) is 25.3 Å². The molecule has 0 aliphatic heterocycles.